The van der Waals surface area contributed by atoms with Gasteiger partial charge in [0.2, 0.25) is 0 Å². The molecule has 0 bridgehead atoms. The van der Waals surface area contributed by atoms with Gasteiger partial charge in [-0.25, -0.2) is 0 Å². The van der Waals surface area contributed by atoms with Crippen LogP contribution in [0.4, 0.5) is 0 Å². The lowest BCUT2D eigenvalue weighted by atomic mass is 9.93. The molecule has 0 spiro atoms. The molecule has 0 saturated carbocycles. The number of phenolic OH excluding ortho intramolecular Hbond substituents is 1. The highest BCUT2D eigenvalue weighted by Gasteiger charge is 2.10. The maximum atomic E-state index is 10.1. The zero-order valence-corrected chi connectivity index (χ0v) is 11.2. The Hall–Kier alpha value is -0.980. The molecule has 1 heteroatoms. The first kappa shape index (κ1) is 13.1. The third-order valence-corrected chi connectivity index (χ3v) is 2.88. The summed E-state index contributed by atoms with van der Waals surface area (Å²) in [6.07, 6.45) is 2.00. The highest BCUT2D eigenvalue weighted by molar-refractivity contribution is 5.45. The van der Waals surface area contributed by atoms with E-state index in [1.165, 1.54) is 5.56 Å². The highest BCUT2D eigenvalue weighted by Crippen LogP contribution is 2.28. The van der Waals surface area contributed by atoms with Gasteiger partial charge in [-0.2, -0.15) is 0 Å². The lowest BCUT2D eigenvalue weighted by molar-refractivity contribution is 0.456. The van der Waals surface area contributed by atoms with Crippen LogP contribution in [0.5, 0.6) is 5.75 Å². The summed E-state index contributed by atoms with van der Waals surface area (Å²) in [5, 5.41) is 10.1. The minimum atomic E-state index is 0.506. The standard InChI is InChI=1S/C15H24O/c1-10(2)8-13-6-7-14(9-11(3)4)15(16)12(13)5/h6-7,10-11,16H,8-9H2,1-5H3. The summed E-state index contributed by atoms with van der Waals surface area (Å²) in [4.78, 5) is 0. The van der Waals surface area contributed by atoms with Crippen molar-refractivity contribution >= 4 is 0 Å². The largest absolute Gasteiger partial charge is 0.507 e. The van der Waals surface area contributed by atoms with E-state index in [4.69, 9.17) is 0 Å². The van der Waals surface area contributed by atoms with Gasteiger partial charge in [-0.15, -0.1) is 0 Å². The van der Waals surface area contributed by atoms with E-state index in [9.17, 15) is 5.11 Å². The van der Waals surface area contributed by atoms with Crippen molar-refractivity contribution in [2.75, 3.05) is 0 Å². The van der Waals surface area contributed by atoms with Gasteiger partial charge in [-0.1, -0.05) is 39.8 Å². The number of benzene rings is 1. The van der Waals surface area contributed by atoms with E-state index in [-0.39, 0.29) is 0 Å². The Kier molecular flexibility index (Phi) is 4.40. The molecule has 1 aromatic rings. The summed E-state index contributed by atoms with van der Waals surface area (Å²) >= 11 is 0. The Bertz CT molecular complexity index is 316. The van der Waals surface area contributed by atoms with Crippen LogP contribution in [-0.2, 0) is 12.8 Å². The fourth-order valence-corrected chi connectivity index (χ4v) is 2.06. The number of aromatic hydroxyl groups is 1. The predicted octanol–water partition coefficient (Wildman–Crippen LogP) is 4.10. The Balaban J connectivity index is 2.98. The van der Waals surface area contributed by atoms with E-state index < -0.39 is 0 Å². The Labute approximate surface area is 99.5 Å². The van der Waals surface area contributed by atoms with Gasteiger partial charge in [0.25, 0.3) is 0 Å². The average molecular weight is 220 g/mol. The molecule has 0 unspecified atom stereocenters. The van der Waals surface area contributed by atoms with Crippen LogP contribution >= 0.6 is 0 Å². The van der Waals surface area contributed by atoms with Crippen molar-refractivity contribution in [1.29, 1.82) is 0 Å². The van der Waals surface area contributed by atoms with Crippen molar-refractivity contribution < 1.29 is 5.11 Å². The van der Waals surface area contributed by atoms with Crippen molar-refractivity contribution in [3.63, 3.8) is 0 Å². The van der Waals surface area contributed by atoms with Crippen LogP contribution in [0.15, 0.2) is 12.1 Å². The third kappa shape index (κ3) is 3.26. The summed E-state index contributed by atoms with van der Waals surface area (Å²) in [6.45, 7) is 10.8. The van der Waals surface area contributed by atoms with Gasteiger partial charge >= 0.3 is 0 Å². The molecule has 1 N–H and O–H groups in total. The zero-order chi connectivity index (χ0) is 12.3. The molecule has 90 valence electrons. The van der Waals surface area contributed by atoms with Crippen LogP contribution in [0.1, 0.15) is 44.4 Å². The van der Waals surface area contributed by atoms with Crippen LogP contribution in [0.25, 0.3) is 0 Å². The second-order valence-electron chi connectivity index (χ2n) is 5.55. The lowest BCUT2D eigenvalue weighted by Crippen LogP contribution is -2.01. The molecule has 0 aromatic heterocycles. The SMILES string of the molecule is Cc1c(CC(C)C)ccc(CC(C)C)c1O. The van der Waals surface area contributed by atoms with Crippen LogP contribution in [-0.4, -0.2) is 5.11 Å². The fourth-order valence-electron chi connectivity index (χ4n) is 2.06. The van der Waals surface area contributed by atoms with Gasteiger partial charge in [0.05, 0.1) is 0 Å². The monoisotopic (exact) mass is 220 g/mol. The lowest BCUT2D eigenvalue weighted by Gasteiger charge is -2.14. The van der Waals surface area contributed by atoms with Crippen LogP contribution in [0.2, 0.25) is 0 Å². The topological polar surface area (TPSA) is 20.2 Å². The quantitative estimate of drug-likeness (QED) is 0.810. The van der Waals surface area contributed by atoms with E-state index in [2.05, 4.69) is 39.8 Å². The van der Waals surface area contributed by atoms with Crippen molar-refractivity contribution in [1.82, 2.24) is 0 Å². The van der Waals surface area contributed by atoms with Crippen molar-refractivity contribution in [3.8, 4) is 5.75 Å². The second-order valence-corrected chi connectivity index (χ2v) is 5.55. The van der Waals surface area contributed by atoms with Crippen molar-refractivity contribution in [2.45, 2.75) is 47.5 Å². The van der Waals surface area contributed by atoms with Gasteiger partial charge in [-0.3, -0.25) is 0 Å². The molecule has 1 aromatic carbocycles. The Morgan fingerprint density at radius 3 is 1.88 bits per heavy atom. The molecule has 1 rings (SSSR count). The number of hydrogen-bond acceptors (Lipinski definition) is 1. The molecule has 0 aliphatic carbocycles. The Morgan fingerprint density at radius 1 is 0.938 bits per heavy atom. The van der Waals surface area contributed by atoms with E-state index in [0.29, 0.717) is 17.6 Å². The maximum absolute atomic E-state index is 10.1. The molecular weight excluding hydrogens is 196 g/mol. The van der Waals surface area contributed by atoms with Gasteiger partial charge in [-0.05, 0) is 48.3 Å². The molecule has 0 atom stereocenters. The maximum Gasteiger partial charge on any atom is 0.121 e. The normalized spacial score (nSPS) is 11.4. The number of rotatable bonds is 4. The molecule has 1 nitrogen and oxygen atoms in total. The first-order chi connectivity index (χ1) is 7.41. The average Bonchev–Trinajstić information content (AvgIpc) is 2.16. The van der Waals surface area contributed by atoms with Crippen molar-refractivity contribution in [2.24, 2.45) is 11.8 Å². The van der Waals surface area contributed by atoms with E-state index in [1.54, 1.807) is 0 Å². The molecule has 0 amide bonds. The summed E-state index contributed by atoms with van der Waals surface area (Å²) in [5.41, 5.74) is 3.42. The highest BCUT2D eigenvalue weighted by atomic mass is 16.3. The predicted molar refractivity (Wildman–Crippen MR) is 69.9 cm³/mol. The summed E-state index contributed by atoms with van der Waals surface area (Å²) in [7, 11) is 0. The third-order valence-electron chi connectivity index (χ3n) is 2.88. The summed E-state index contributed by atoms with van der Waals surface area (Å²) in [5.74, 6) is 1.72. The smallest absolute Gasteiger partial charge is 0.121 e. The fraction of sp³-hybridized carbons (Fsp3) is 0.600. The molecule has 16 heavy (non-hydrogen) atoms. The molecule has 0 aliphatic heterocycles. The molecule has 0 saturated heterocycles. The van der Waals surface area contributed by atoms with Crippen LogP contribution in [0.3, 0.4) is 0 Å². The molecule has 0 heterocycles. The summed E-state index contributed by atoms with van der Waals surface area (Å²) < 4.78 is 0. The zero-order valence-electron chi connectivity index (χ0n) is 11.2. The molecular formula is C15H24O. The number of phenols is 1. The molecule has 0 radical (unpaired) electrons. The second kappa shape index (κ2) is 5.38. The van der Waals surface area contributed by atoms with Gasteiger partial charge < -0.3 is 5.11 Å². The molecule has 0 fully saturated rings. The van der Waals surface area contributed by atoms with Crippen molar-refractivity contribution in [3.05, 3.63) is 28.8 Å². The molecule has 0 aliphatic rings. The minimum Gasteiger partial charge on any atom is -0.507 e. The minimum absolute atomic E-state index is 0.506. The number of hydrogen-bond donors (Lipinski definition) is 1. The van der Waals surface area contributed by atoms with E-state index in [0.717, 1.165) is 24.0 Å². The summed E-state index contributed by atoms with van der Waals surface area (Å²) in [6, 6.07) is 4.26. The van der Waals surface area contributed by atoms with E-state index >= 15 is 0 Å². The first-order valence-electron chi connectivity index (χ1n) is 6.22. The van der Waals surface area contributed by atoms with Crippen LogP contribution < -0.4 is 0 Å². The van der Waals surface area contributed by atoms with Gasteiger partial charge in [0.15, 0.2) is 0 Å². The van der Waals surface area contributed by atoms with Gasteiger partial charge in [0, 0.05) is 0 Å². The van der Waals surface area contributed by atoms with E-state index in [1.807, 2.05) is 6.92 Å². The first-order valence-corrected chi connectivity index (χ1v) is 6.22. The van der Waals surface area contributed by atoms with Gasteiger partial charge in [0.1, 0.15) is 5.75 Å². The Morgan fingerprint density at radius 2 is 1.38 bits per heavy atom. The van der Waals surface area contributed by atoms with Crippen LogP contribution in [0, 0.1) is 18.8 Å².